The fourth-order valence-corrected chi connectivity index (χ4v) is 1.30. The number of rotatable bonds is 3. The van der Waals surface area contributed by atoms with E-state index < -0.39 is 18.0 Å². The lowest BCUT2D eigenvalue weighted by Gasteiger charge is -2.10. The molecule has 0 saturated carbocycles. The van der Waals surface area contributed by atoms with Gasteiger partial charge in [-0.2, -0.15) is 0 Å². The van der Waals surface area contributed by atoms with Crippen molar-refractivity contribution in [3.8, 4) is 0 Å². The van der Waals surface area contributed by atoms with Crippen LogP contribution in [0.3, 0.4) is 0 Å². The smallest absolute Gasteiger partial charge is 0.340 e. The molecular weight excluding hydrogens is 253 g/mol. The normalized spacial score (nSPS) is 11.9. The molecule has 0 aliphatic carbocycles. The largest absolute Gasteiger partial charge is 0.449 e. The fourth-order valence-electron chi connectivity index (χ4n) is 0.936. The van der Waals surface area contributed by atoms with Gasteiger partial charge >= 0.3 is 5.97 Å². The van der Waals surface area contributed by atoms with Crippen molar-refractivity contribution in [2.45, 2.75) is 13.0 Å². The van der Waals surface area contributed by atoms with Crippen LogP contribution in [0, 0.1) is 0 Å². The number of hydrogen-bond acceptors (Lipinski definition) is 3. The molecule has 86 valence electrons. The zero-order valence-corrected chi connectivity index (χ0v) is 9.88. The molecule has 0 aliphatic heterocycles. The van der Waals surface area contributed by atoms with Crippen molar-refractivity contribution in [1.82, 2.24) is 0 Å². The van der Waals surface area contributed by atoms with Gasteiger partial charge in [0.25, 0.3) is 5.91 Å². The van der Waals surface area contributed by atoms with Crippen molar-refractivity contribution < 1.29 is 14.3 Å². The number of nitrogens with two attached hydrogens (primary N) is 1. The van der Waals surface area contributed by atoms with E-state index in [-0.39, 0.29) is 10.6 Å². The molecule has 2 N–H and O–H groups in total. The molecule has 0 heterocycles. The van der Waals surface area contributed by atoms with Crippen molar-refractivity contribution in [2.75, 3.05) is 0 Å². The molecule has 4 nitrogen and oxygen atoms in total. The topological polar surface area (TPSA) is 69.4 Å². The van der Waals surface area contributed by atoms with Crippen molar-refractivity contribution in [1.29, 1.82) is 0 Å². The Morgan fingerprint density at radius 3 is 2.56 bits per heavy atom. The highest BCUT2D eigenvalue weighted by molar-refractivity contribution is 6.35. The van der Waals surface area contributed by atoms with Gasteiger partial charge in [-0.1, -0.05) is 23.2 Å². The molecule has 0 bridgehead atoms. The molecule has 0 fully saturated rings. The van der Waals surface area contributed by atoms with E-state index in [2.05, 4.69) is 0 Å². The SMILES string of the molecule is CC(OC(=O)c1cc(Cl)ccc1Cl)C(N)=O. The predicted octanol–water partition coefficient (Wildman–Crippen LogP) is 2.02. The molecule has 1 aromatic rings. The third-order valence-corrected chi connectivity index (χ3v) is 2.40. The van der Waals surface area contributed by atoms with Crippen LogP contribution in [0.25, 0.3) is 0 Å². The van der Waals surface area contributed by atoms with Crippen LogP contribution in [-0.4, -0.2) is 18.0 Å². The Balaban J connectivity index is 2.88. The van der Waals surface area contributed by atoms with Gasteiger partial charge in [-0.05, 0) is 25.1 Å². The highest BCUT2D eigenvalue weighted by Gasteiger charge is 2.18. The maximum atomic E-state index is 11.6. The van der Waals surface area contributed by atoms with E-state index in [1.54, 1.807) is 0 Å². The molecule has 1 aromatic carbocycles. The van der Waals surface area contributed by atoms with Crippen LogP contribution < -0.4 is 5.73 Å². The Morgan fingerprint density at radius 2 is 2.00 bits per heavy atom. The van der Waals surface area contributed by atoms with Crippen LogP contribution in [0.1, 0.15) is 17.3 Å². The lowest BCUT2D eigenvalue weighted by atomic mass is 10.2. The molecule has 0 aliphatic rings. The van der Waals surface area contributed by atoms with Crippen LogP contribution in [0.4, 0.5) is 0 Å². The molecule has 1 amide bonds. The Labute approximate surface area is 102 Å². The molecule has 1 atom stereocenters. The highest BCUT2D eigenvalue weighted by Crippen LogP contribution is 2.21. The van der Waals surface area contributed by atoms with E-state index in [1.807, 2.05) is 0 Å². The molecule has 6 heteroatoms. The van der Waals surface area contributed by atoms with Gasteiger partial charge in [0, 0.05) is 5.02 Å². The van der Waals surface area contributed by atoms with Crippen LogP contribution in [0.15, 0.2) is 18.2 Å². The maximum Gasteiger partial charge on any atom is 0.340 e. The van der Waals surface area contributed by atoms with Gasteiger partial charge in [0.1, 0.15) is 0 Å². The molecule has 0 aromatic heterocycles. The second-order valence-corrected chi connectivity index (χ2v) is 3.92. The molecule has 1 rings (SSSR count). The highest BCUT2D eigenvalue weighted by atomic mass is 35.5. The number of carbonyl (C=O) groups excluding carboxylic acids is 2. The Morgan fingerprint density at radius 1 is 1.38 bits per heavy atom. The molecular formula is C10H9Cl2NO3. The zero-order valence-electron chi connectivity index (χ0n) is 8.37. The number of benzene rings is 1. The first-order valence-electron chi connectivity index (χ1n) is 4.37. The van der Waals surface area contributed by atoms with Gasteiger partial charge in [-0.3, -0.25) is 4.79 Å². The first-order chi connectivity index (χ1) is 7.41. The van der Waals surface area contributed by atoms with Crippen molar-refractivity contribution >= 4 is 35.1 Å². The van der Waals surface area contributed by atoms with Crippen LogP contribution in [0.5, 0.6) is 0 Å². The van der Waals surface area contributed by atoms with Crippen LogP contribution >= 0.6 is 23.2 Å². The average Bonchev–Trinajstić information content (AvgIpc) is 2.21. The quantitative estimate of drug-likeness (QED) is 0.847. The predicted molar refractivity (Wildman–Crippen MR) is 60.5 cm³/mol. The summed E-state index contributed by atoms with van der Waals surface area (Å²) in [7, 11) is 0. The van der Waals surface area contributed by atoms with Gasteiger partial charge in [-0.15, -0.1) is 0 Å². The minimum absolute atomic E-state index is 0.0993. The third kappa shape index (κ3) is 3.12. The first-order valence-corrected chi connectivity index (χ1v) is 5.12. The Bertz CT molecular complexity index is 434. The molecule has 0 saturated heterocycles. The second-order valence-electron chi connectivity index (χ2n) is 3.07. The number of hydrogen-bond donors (Lipinski definition) is 1. The van der Waals surface area contributed by atoms with E-state index in [9.17, 15) is 9.59 Å². The minimum atomic E-state index is -1.01. The summed E-state index contributed by atoms with van der Waals surface area (Å²) in [5, 5.41) is 0.550. The maximum absolute atomic E-state index is 11.6. The molecule has 16 heavy (non-hydrogen) atoms. The Hall–Kier alpha value is -1.26. The first kappa shape index (κ1) is 12.8. The molecule has 1 unspecified atom stereocenters. The Kier molecular flexibility index (Phi) is 4.15. The zero-order chi connectivity index (χ0) is 12.3. The van der Waals surface area contributed by atoms with Crippen molar-refractivity contribution in [3.05, 3.63) is 33.8 Å². The number of esters is 1. The monoisotopic (exact) mass is 261 g/mol. The summed E-state index contributed by atoms with van der Waals surface area (Å²) >= 11 is 11.5. The lowest BCUT2D eigenvalue weighted by Crippen LogP contribution is -2.30. The number of halogens is 2. The van der Waals surface area contributed by atoms with Crippen molar-refractivity contribution in [3.63, 3.8) is 0 Å². The lowest BCUT2D eigenvalue weighted by molar-refractivity contribution is -0.125. The fraction of sp³-hybridized carbons (Fsp3) is 0.200. The number of primary amides is 1. The standard InChI is InChI=1S/C10H9Cl2NO3/c1-5(9(13)14)16-10(15)7-4-6(11)2-3-8(7)12/h2-5H,1H3,(H2,13,14). The van der Waals surface area contributed by atoms with Gasteiger partial charge in [0.05, 0.1) is 10.6 Å². The molecule has 0 spiro atoms. The summed E-state index contributed by atoms with van der Waals surface area (Å²) in [6.45, 7) is 1.37. The molecule has 0 radical (unpaired) electrons. The summed E-state index contributed by atoms with van der Waals surface area (Å²) in [4.78, 5) is 22.3. The van der Waals surface area contributed by atoms with Crippen LogP contribution in [0.2, 0.25) is 10.0 Å². The summed E-state index contributed by atoms with van der Waals surface area (Å²) in [6, 6.07) is 4.37. The summed E-state index contributed by atoms with van der Waals surface area (Å²) < 4.78 is 4.78. The van der Waals surface area contributed by atoms with E-state index in [0.717, 1.165) is 0 Å². The van der Waals surface area contributed by atoms with Gasteiger partial charge < -0.3 is 10.5 Å². The third-order valence-electron chi connectivity index (χ3n) is 1.83. The number of amides is 1. The minimum Gasteiger partial charge on any atom is -0.449 e. The van der Waals surface area contributed by atoms with Gasteiger partial charge in [0.15, 0.2) is 6.10 Å². The average molecular weight is 262 g/mol. The van der Waals surface area contributed by atoms with Gasteiger partial charge in [-0.25, -0.2) is 4.79 Å². The van der Waals surface area contributed by atoms with Crippen molar-refractivity contribution in [2.24, 2.45) is 5.73 Å². The van der Waals surface area contributed by atoms with Crippen LogP contribution in [-0.2, 0) is 9.53 Å². The number of ether oxygens (including phenoxy) is 1. The number of carbonyl (C=O) groups is 2. The summed E-state index contributed by atoms with van der Waals surface area (Å²) in [6.07, 6.45) is -1.01. The van der Waals surface area contributed by atoms with E-state index in [0.29, 0.717) is 5.02 Å². The van der Waals surface area contributed by atoms with E-state index >= 15 is 0 Å². The van der Waals surface area contributed by atoms with E-state index in [4.69, 9.17) is 33.7 Å². The van der Waals surface area contributed by atoms with Gasteiger partial charge in [0.2, 0.25) is 0 Å². The second kappa shape index (κ2) is 5.18. The van der Waals surface area contributed by atoms with E-state index in [1.165, 1.54) is 25.1 Å². The summed E-state index contributed by atoms with van der Waals surface area (Å²) in [5.74, 6) is -1.47. The summed E-state index contributed by atoms with van der Waals surface area (Å²) in [5.41, 5.74) is 5.05.